The lowest BCUT2D eigenvalue weighted by Gasteiger charge is -2.34. The molecule has 0 saturated carbocycles. The van der Waals surface area contributed by atoms with Gasteiger partial charge in [-0.15, -0.1) is 0 Å². The lowest BCUT2D eigenvalue weighted by Crippen LogP contribution is -2.41. The number of hydrogen-bond acceptors (Lipinski definition) is 4. The molecule has 1 aliphatic rings. The third kappa shape index (κ3) is 3.77. The first-order valence-electron chi connectivity index (χ1n) is 6.78. The van der Waals surface area contributed by atoms with Crippen molar-refractivity contribution in [2.24, 2.45) is 5.73 Å². The molecule has 0 radical (unpaired) electrons. The summed E-state index contributed by atoms with van der Waals surface area (Å²) in [6.45, 7) is 1.44. The molecule has 0 aliphatic carbocycles. The first-order valence-corrected chi connectivity index (χ1v) is 6.78. The van der Waals surface area contributed by atoms with Gasteiger partial charge in [0.2, 0.25) is 5.91 Å². The molecule has 20 heavy (non-hydrogen) atoms. The van der Waals surface area contributed by atoms with Crippen LogP contribution in [0.5, 0.6) is 0 Å². The van der Waals surface area contributed by atoms with Crippen LogP contribution >= 0.6 is 0 Å². The Morgan fingerprint density at radius 3 is 2.90 bits per heavy atom. The number of primary amides is 1. The Bertz CT molecular complexity index is 504. The number of likely N-dealkylation sites (tertiary alicyclic amines) is 1. The molecule has 1 atom stereocenters. The van der Waals surface area contributed by atoms with Gasteiger partial charge in [-0.05, 0) is 31.5 Å². The van der Waals surface area contributed by atoms with E-state index in [0.717, 1.165) is 25.8 Å². The molecule has 1 unspecified atom stereocenters. The second kappa shape index (κ2) is 6.47. The summed E-state index contributed by atoms with van der Waals surface area (Å²) in [5.74, 6) is -1.33. The fraction of sp³-hybridized carbons (Fsp3) is 0.500. The number of pyridine rings is 1. The Balaban J connectivity index is 2.08. The number of carboxylic acid groups (broad SMARTS) is 1. The summed E-state index contributed by atoms with van der Waals surface area (Å²) < 4.78 is 0. The zero-order chi connectivity index (χ0) is 14.5. The van der Waals surface area contributed by atoms with Crippen LogP contribution in [0.4, 0.5) is 0 Å². The SMILES string of the molecule is NC(=O)CC1CCCCN1Cc1cccc(C(=O)O)n1. The normalized spacial score (nSPS) is 19.7. The highest BCUT2D eigenvalue weighted by atomic mass is 16.4. The number of nitrogens with two attached hydrogens (primary N) is 1. The van der Waals surface area contributed by atoms with E-state index >= 15 is 0 Å². The number of carbonyl (C=O) groups is 2. The molecule has 1 aliphatic heterocycles. The van der Waals surface area contributed by atoms with E-state index in [1.165, 1.54) is 6.07 Å². The average molecular weight is 277 g/mol. The molecule has 1 amide bonds. The van der Waals surface area contributed by atoms with Crippen molar-refractivity contribution in [3.05, 3.63) is 29.6 Å². The predicted molar refractivity (Wildman–Crippen MR) is 73.1 cm³/mol. The van der Waals surface area contributed by atoms with Crippen LogP contribution in [0.15, 0.2) is 18.2 Å². The Morgan fingerprint density at radius 2 is 2.20 bits per heavy atom. The number of amides is 1. The summed E-state index contributed by atoms with van der Waals surface area (Å²) >= 11 is 0. The molecule has 6 nitrogen and oxygen atoms in total. The van der Waals surface area contributed by atoms with Gasteiger partial charge in [-0.1, -0.05) is 12.5 Å². The van der Waals surface area contributed by atoms with Gasteiger partial charge in [-0.2, -0.15) is 0 Å². The van der Waals surface area contributed by atoms with E-state index in [9.17, 15) is 9.59 Å². The van der Waals surface area contributed by atoms with E-state index in [2.05, 4.69) is 9.88 Å². The third-order valence-electron chi connectivity index (χ3n) is 3.58. The number of carboxylic acids is 1. The monoisotopic (exact) mass is 277 g/mol. The van der Waals surface area contributed by atoms with E-state index in [-0.39, 0.29) is 17.6 Å². The minimum atomic E-state index is -1.03. The maximum Gasteiger partial charge on any atom is 0.354 e. The zero-order valence-corrected chi connectivity index (χ0v) is 11.3. The topological polar surface area (TPSA) is 96.5 Å². The number of aromatic carboxylic acids is 1. The van der Waals surface area contributed by atoms with E-state index in [1.54, 1.807) is 6.07 Å². The van der Waals surface area contributed by atoms with Crippen LogP contribution < -0.4 is 5.73 Å². The molecule has 0 spiro atoms. The maximum atomic E-state index is 11.1. The number of aromatic nitrogens is 1. The van der Waals surface area contributed by atoms with Gasteiger partial charge in [-0.25, -0.2) is 9.78 Å². The minimum Gasteiger partial charge on any atom is -0.477 e. The highest BCUT2D eigenvalue weighted by Gasteiger charge is 2.24. The maximum absolute atomic E-state index is 11.1. The first-order chi connectivity index (χ1) is 9.56. The van der Waals surface area contributed by atoms with Crippen LogP contribution in [-0.2, 0) is 11.3 Å². The lowest BCUT2D eigenvalue weighted by molar-refractivity contribution is -0.119. The van der Waals surface area contributed by atoms with Crippen LogP contribution in [0.1, 0.15) is 41.9 Å². The van der Waals surface area contributed by atoms with Gasteiger partial charge < -0.3 is 10.8 Å². The molecule has 2 rings (SSSR count). The highest BCUT2D eigenvalue weighted by molar-refractivity contribution is 5.85. The first kappa shape index (κ1) is 14.5. The van der Waals surface area contributed by atoms with Crippen molar-refractivity contribution in [1.82, 2.24) is 9.88 Å². The molecule has 6 heteroatoms. The van der Waals surface area contributed by atoms with Crippen molar-refractivity contribution in [3.63, 3.8) is 0 Å². The third-order valence-corrected chi connectivity index (χ3v) is 3.58. The summed E-state index contributed by atoms with van der Waals surface area (Å²) in [5, 5.41) is 8.95. The van der Waals surface area contributed by atoms with Gasteiger partial charge >= 0.3 is 5.97 Å². The van der Waals surface area contributed by atoms with E-state index < -0.39 is 5.97 Å². The zero-order valence-electron chi connectivity index (χ0n) is 11.3. The van der Waals surface area contributed by atoms with Crippen molar-refractivity contribution in [3.8, 4) is 0 Å². The Morgan fingerprint density at radius 1 is 1.40 bits per heavy atom. The fourth-order valence-electron chi connectivity index (χ4n) is 2.63. The van der Waals surface area contributed by atoms with E-state index in [1.807, 2.05) is 6.07 Å². The van der Waals surface area contributed by atoms with Gasteiger partial charge in [-0.3, -0.25) is 9.69 Å². The summed E-state index contributed by atoms with van der Waals surface area (Å²) in [5.41, 5.74) is 6.04. The second-order valence-corrected chi connectivity index (χ2v) is 5.11. The highest BCUT2D eigenvalue weighted by Crippen LogP contribution is 2.21. The van der Waals surface area contributed by atoms with E-state index in [4.69, 9.17) is 10.8 Å². The van der Waals surface area contributed by atoms with Crippen LogP contribution in [0.2, 0.25) is 0 Å². The Labute approximate surface area is 117 Å². The molecule has 0 bridgehead atoms. The molecule has 2 heterocycles. The molecule has 3 N–H and O–H groups in total. The number of carbonyl (C=O) groups excluding carboxylic acids is 1. The molecule has 108 valence electrons. The fourth-order valence-corrected chi connectivity index (χ4v) is 2.63. The van der Waals surface area contributed by atoms with Gasteiger partial charge in [0, 0.05) is 19.0 Å². The van der Waals surface area contributed by atoms with Crippen molar-refractivity contribution < 1.29 is 14.7 Å². The Hall–Kier alpha value is -1.95. The number of hydrogen-bond donors (Lipinski definition) is 2. The largest absolute Gasteiger partial charge is 0.477 e. The summed E-state index contributed by atoms with van der Waals surface area (Å²) in [7, 11) is 0. The second-order valence-electron chi connectivity index (χ2n) is 5.11. The molecule has 1 aromatic rings. The predicted octanol–water partition coefficient (Wildman–Crippen LogP) is 1.01. The lowest BCUT2D eigenvalue weighted by atomic mass is 9.99. The molecule has 0 aromatic carbocycles. The van der Waals surface area contributed by atoms with Crippen LogP contribution in [0.3, 0.4) is 0 Å². The van der Waals surface area contributed by atoms with Crippen molar-refractivity contribution in [2.45, 2.75) is 38.3 Å². The van der Waals surface area contributed by atoms with Crippen molar-refractivity contribution in [1.29, 1.82) is 0 Å². The summed E-state index contributed by atoms with van der Waals surface area (Å²) in [6, 6.07) is 5.11. The Kier molecular flexibility index (Phi) is 4.68. The molecular formula is C14H19N3O3. The molecule has 1 aromatic heterocycles. The van der Waals surface area contributed by atoms with Gasteiger partial charge in [0.1, 0.15) is 5.69 Å². The van der Waals surface area contributed by atoms with Gasteiger partial charge in [0.25, 0.3) is 0 Å². The molecule has 1 saturated heterocycles. The van der Waals surface area contributed by atoms with Crippen LogP contribution in [0.25, 0.3) is 0 Å². The van der Waals surface area contributed by atoms with Crippen molar-refractivity contribution in [2.75, 3.05) is 6.54 Å². The molecule has 1 fully saturated rings. The minimum absolute atomic E-state index is 0.0472. The quantitative estimate of drug-likeness (QED) is 0.837. The average Bonchev–Trinajstić information content (AvgIpc) is 2.41. The van der Waals surface area contributed by atoms with E-state index in [0.29, 0.717) is 18.7 Å². The number of piperidine rings is 1. The standard InChI is InChI=1S/C14H19N3O3/c15-13(18)8-11-5-1-2-7-17(11)9-10-4-3-6-12(16-10)14(19)20/h3-4,6,11H,1-2,5,7-9H2,(H2,15,18)(H,19,20). The molecular weight excluding hydrogens is 258 g/mol. The van der Waals surface area contributed by atoms with Crippen molar-refractivity contribution >= 4 is 11.9 Å². The van der Waals surface area contributed by atoms with Gasteiger partial charge in [0.15, 0.2) is 0 Å². The van der Waals surface area contributed by atoms with Crippen LogP contribution in [0, 0.1) is 0 Å². The number of rotatable bonds is 5. The van der Waals surface area contributed by atoms with Gasteiger partial charge in [0.05, 0.1) is 5.69 Å². The van der Waals surface area contributed by atoms with Crippen LogP contribution in [-0.4, -0.2) is 39.5 Å². The number of nitrogens with zero attached hydrogens (tertiary/aromatic N) is 2. The smallest absolute Gasteiger partial charge is 0.354 e. The summed E-state index contributed by atoms with van der Waals surface area (Å²) in [6.07, 6.45) is 3.46. The summed E-state index contributed by atoms with van der Waals surface area (Å²) in [4.78, 5) is 28.3.